The highest BCUT2D eigenvalue weighted by Crippen LogP contribution is 2.22. The van der Waals surface area contributed by atoms with Gasteiger partial charge in [-0.2, -0.15) is 5.10 Å². The lowest BCUT2D eigenvalue weighted by atomic mass is 10.2. The van der Waals surface area contributed by atoms with Crippen molar-refractivity contribution in [2.75, 3.05) is 23.7 Å². The molecule has 0 fully saturated rings. The van der Waals surface area contributed by atoms with Crippen molar-refractivity contribution in [1.82, 2.24) is 9.78 Å². The van der Waals surface area contributed by atoms with Gasteiger partial charge in [-0.25, -0.2) is 0 Å². The molecular weight excluding hydrogens is 244 g/mol. The SMILES string of the molecule is Nc1ccccc1N(CCn1cccn1)CC(=O)O. The summed E-state index contributed by atoms with van der Waals surface area (Å²) in [6.45, 7) is 1.05. The number of hydrogen-bond acceptors (Lipinski definition) is 4. The second kappa shape index (κ2) is 5.90. The Hall–Kier alpha value is -2.50. The maximum atomic E-state index is 11.0. The van der Waals surface area contributed by atoms with E-state index < -0.39 is 5.97 Å². The third kappa shape index (κ3) is 3.48. The summed E-state index contributed by atoms with van der Waals surface area (Å²) >= 11 is 0. The Morgan fingerprint density at radius 2 is 2.16 bits per heavy atom. The van der Waals surface area contributed by atoms with Gasteiger partial charge in [0.1, 0.15) is 6.54 Å². The van der Waals surface area contributed by atoms with Crippen LogP contribution in [0.15, 0.2) is 42.7 Å². The van der Waals surface area contributed by atoms with Crippen LogP contribution in [0.5, 0.6) is 0 Å². The molecule has 6 nitrogen and oxygen atoms in total. The quantitative estimate of drug-likeness (QED) is 0.758. The predicted molar refractivity (Wildman–Crippen MR) is 72.9 cm³/mol. The number of aromatic nitrogens is 2. The number of anilines is 2. The lowest BCUT2D eigenvalue weighted by Crippen LogP contribution is -2.33. The van der Waals surface area contributed by atoms with Crippen LogP contribution in [0.4, 0.5) is 11.4 Å². The standard InChI is InChI=1S/C13H16N4O2/c14-11-4-1-2-5-12(11)16(10-13(18)19)8-9-17-7-3-6-15-17/h1-7H,8-10,14H2,(H,18,19). The monoisotopic (exact) mass is 260 g/mol. The number of aliphatic carboxylic acids is 1. The van der Waals surface area contributed by atoms with Crippen LogP contribution in [-0.2, 0) is 11.3 Å². The third-order valence-corrected chi connectivity index (χ3v) is 2.76. The predicted octanol–water partition coefficient (Wildman–Crippen LogP) is 1.06. The van der Waals surface area contributed by atoms with E-state index in [0.29, 0.717) is 18.8 Å². The van der Waals surface area contributed by atoms with Crippen LogP contribution in [-0.4, -0.2) is 33.9 Å². The van der Waals surface area contributed by atoms with Crippen molar-refractivity contribution in [3.8, 4) is 0 Å². The molecule has 0 radical (unpaired) electrons. The number of carboxylic acid groups (broad SMARTS) is 1. The molecule has 1 aromatic heterocycles. The smallest absolute Gasteiger partial charge is 0.323 e. The minimum Gasteiger partial charge on any atom is -0.480 e. The van der Waals surface area contributed by atoms with Gasteiger partial charge in [-0.05, 0) is 18.2 Å². The zero-order valence-corrected chi connectivity index (χ0v) is 10.4. The fourth-order valence-corrected chi connectivity index (χ4v) is 1.88. The highest BCUT2D eigenvalue weighted by Gasteiger charge is 2.13. The lowest BCUT2D eigenvalue weighted by molar-refractivity contribution is -0.135. The van der Waals surface area contributed by atoms with Crippen molar-refractivity contribution < 1.29 is 9.90 Å². The lowest BCUT2D eigenvalue weighted by Gasteiger charge is -2.24. The zero-order valence-electron chi connectivity index (χ0n) is 10.4. The molecule has 0 saturated carbocycles. The van der Waals surface area contributed by atoms with Gasteiger partial charge in [0.15, 0.2) is 0 Å². The molecule has 0 bridgehead atoms. The van der Waals surface area contributed by atoms with Gasteiger partial charge in [0.2, 0.25) is 0 Å². The number of rotatable bonds is 6. The van der Waals surface area contributed by atoms with Gasteiger partial charge in [-0.1, -0.05) is 12.1 Å². The van der Waals surface area contributed by atoms with Crippen molar-refractivity contribution >= 4 is 17.3 Å². The number of para-hydroxylation sites is 2. The summed E-state index contributed by atoms with van der Waals surface area (Å²) in [5, 5.41) is 13.1. The minimum atomic E-state index is -0.885. The number of carboxylic acids is 1. The van der Waals surface area contributed by atoms with Crippen LogP contribution in [0.2, 0.25) is 0 Å². The summed E-state index contributed by atoms with van der Waals surface area (Å²) in [7, 11) is 0. The highest BCUT2D eigenvalue weighted by molar-refractivity contribution is 5.77. The van der Waals surface area contributed by atoms with Crippen molar-refractivity contribution in [3.63, 3.8) is 0 Å². The van der Waals surface area contributed by atoms with Crippen molar-refractivity contribution in [1.29, 1.82) is 0 Å². The summed E-state index contributed by atoms with van der Waals surface area (Å²) in [4.78, 5) is 12.7. The van der Waals surface area contributed by atoms with Gasteiger partial charge in [0.25, 0.3) is 0 Å². The molecular formula is C13H16N4O2. The molecule has 0 amide bonds. The first-order valence-corrected chi connectivity index (χ1v) is 5.95. The van der Waals surface area contributed by atoms with E-state index in [-0.39, 0.29) is 6.54 Å². The van der Waals surface area contributed by atoms with E-state index in [1.807, 2.05) is 30.5 Å². The Bertz CT molecular complexity index is 539. The average molecular weight is 260 g/mol. The van der Waals surface area contributed by atoms with Crippen LogP contribution in [0.25, 0.3) is 0 Å². The summed E-state index contributed by atoms with van der Waals surface area (Å²) in [5.41, 5.74) is 7.20. The highest BCUT2D eigenvalue weighted by atomic mass is 16.4. The first-order valence-electron chi connectivity index (χ1n) is 5.95. The maximum absolute atomic E-state index is 11.0. The van der Waals surface area contributed by atoms with Gasteiger partial charge in [-0.15, -0.1) is 0 Å². The number of nitrogens with two attached hydrogens (primary N) is 1. The Balaban J connectivity index is 2.11. The number of nitrogen functional groups attached to an aromatic ring is 1. The molecule has 0 spiro atoms. The molecule has 2 aromatic rings. The Labute approximate surface area is 111 Å². The number of carbonyl (C=O) groups is 1. The normalized spacial score (nSPS) is 10.3. The summed E-state index contributed by atoms with van der Waals surface area (Å²) in [5.74, 6) is -0.885. The van der Waals surface area contributed by atoms with E-state index >= 15 is 0 Å². The fraction of sp³-hybridized carbons (Fsp3) is 0.231. The van der Waals surface area contributed by atoms with E-state index in [9.17, 15) is 4.79 Å². The van der Waals surface area contributed by atoms with Crippen molar-refractivity contribution in [3.05, 3.63) is 42.7 Å². The zero-order chi connectivity index (χ0) is 13.7. The molecule has 0 saturated heterocycles. The second-order valence-electron chi connectivity index (χ2n) is 4.14. The second-order valence-corrected chi connectivity index (χ2v) is 4.14. The number of benzene rings is 1. The number of hydrogen-bond donors (Lipinski definition) is 2. The largest absolute Gasteiger partial charge is 0.480 e. The molecule has 0 aliphatic rings. The molecule has 1 aromatic carbocycles. The Morgan fingerprint density at radius 3 is 2.79 bits per heavy atom. The van der Waals surface area contributed by atoms with Gasteiger partial charge < -0.3 is 15.7 Å². The molecule has 3 N–H and O–H groups in total. The maximum Gasteiger partial charge on any atom is 0.323 e. The van der Waals surface area contributed by atoms with Gasteiger partial charge in [0, 0.05) is 18.9 Å². The molecule has 0 aliphatic carbocycles. The van der Waals surface area contributed by atoms with Crippen LogP contribution in [0, 0.1) is 0 Å². The average Bonchev–Trinajstić information content (AvgIpc) is 2.88. The molecule has 0 atom stereocenters. The van der Waals surface area contributed by atoms with Gasteiger partial charge >= 0.3 is 5.97 Å². The van der Waals surface area contributed by atoms with E-state index in [0.717, 1.165) is 5.69 Å². The molecule has 0 aliphatic heterocycles. The Kier molecular flexibility index (Phi) is 4.02. The number of nitrogens with zero attached hydrogens (tertiary/aromatic N) is 3. The van der Waals surface area contributed by atoms with E-state index in [1.54, 1.807) is 21.8 Å². The van der Waals surface area contributed by atoms with Crippen LogP contribution >= 0.6 is 0 Å². The summed E-state index contributed by atoms with van der Waals surface area (Å²) in [6.07, 6.45) is 3.53. The van der Waals surface area contributed by atoms with Crippen LogP contribution in [0.3, 0.4) is 0 Å². The molecule has 6 heteroatoms. The van der Waals surface area contributed by atoms with Crippen molar-refractivity contribution in [2.45, 2.75) is 6.54 Å². The van der Waals surface area contributed by atoms with E-state index in [4.69, 9.17) is 10.8 Å². The molecule has 1 heterocycles. The molecule has 19 heavy (non-hydrogen) atoms. The molecule has 100 valence electrons. The summed E-state index contributed by atoms with van der Waals surface area (Å²) < 4.78 is 1.76. The first kappa shape index (κ1) is 12.9. The van der Waals surface area contributed by atoms with Crippen molar-refractivity contribution in [2.24, 2.45) is 0 Å². The van der Waals surface area contributed by atoms with Gasteiger partial charge in [0.05, 0.1) is 17.9 Å². The molecule has 2 rings (SSSR count). The van der Waals surface area contributed by atoms with E-state index in [2.05, 4.69) is 5.10 Å². The topological polar surface area (TPSA) is 84.4 Å². The van der Waals surface area contributed by atoms with Crippen LogP contribution in [0.1, 0.15) is 0 Å². The molecule has 0 unspecified atom stereocenters. The fourth-order valence-electron chi connectivity index (χ4n) is 1.88. The van der Waals surface area contributed by atoms with Crippen LogP contribution < -0.4 is 10.6 Å². The first-order chi connectivity index (χ1) is 9.16. The van der Waals surface area contributed by atoms with E-state index in [1.165, 1.54) is 0 Å². The minimum absolute atomic E-state index is 0.0878. The van der Waals surface area contributed by atoms with Gasteiger partial charge in [-0.3, -0.25) is 9.48 Å². The summed E-state index contributed by atoms with van der Waals surface area (Å²) in [6, 6.07) is 9.08. The Morgan fingerprint density at radius 1 is 1.37 bits per heavy atom. The third-order valence-electron chi connectivity index (χ3n) is 2.76.